The number of sulfonamides is 1. The van der Waals surface area contributed by atoms with Crippen molar-refractivity contribution in [1.29, 1.82) is 0 Å². The topological polar surface area (TPSA) is 77.9 Å². The van der Waals surface area contributed by atoms with Crippen LogP contribution in [0, 0.1) is 5.92 Å². The summed E-state index contributed by atoms with van der Waals surface area (Å²) in [5, 5.41) is 10.0. The first-order chi connectivity index (χ1) is 13.9. The number of carbonyl (C=O) groups is 1. The third-order valence-electron chi connectivity index (χ3n) is 6.03. The number of amides is 1. The van der Waals surface area contributed by atoms with Gasteiger partial charge >= 0.3 is 12.1 Å². The lowest BCUT2D eigenvalue weighted by atomic mass is 9.90. The lowest BCUT2D eigenvalue weighted by Gasteiger charge is -2.35. The lowest BCUT2D eigenvalue weighted by Crippen LogP contribution is -2.45. The quantitative estimate of drug-likeness (QED) is 0.768. The van der Waals surface area contributed by atoms with E-state index in [-0.39, 0.29) is 37.0 Å². The second-order valence-electron chi connectivity index (χ2n) is 8.48. The minimum absolute atomic E-state index is 0.0776. The molecule has 3 rings (SSSR count). The van der Waals surface area contributed by atoms with Gasteiger partial charge in [-0.15, -0.1) is 0 Å². The molecule has 0 atom stereocenters. The molecule has 0 spiro atoms. The number of rotatable bonds is 4. The van der Waals surface area contributed by atoms with E-state index in [1.807, 2.05) is 0 Å². The van der Waals surface area contributed by atoms with Crippen molar-refractivity contribution in [2.24, 2.45) is 5.92 Å². The fraction of sp³-hybridized carbons (Fsp3) is 0.650. The van der Waals surface area contributed by atoms with Gasteiger partial charge in [-0.1, -0.05) is 12.1 Å². The highest BCUT2D eigenvalue weighted by molar-refractivity contribution is 7.89. The second-order valence-corrected chi connectivity index (χ2v) is 10.4. The fourth-order valence-corrected chi connectivity index (χ4v) is 5.45. The fourth-order valence-electron chi connectivity index (χ4n) is 4.01. The number of carbonyl (C=O) groups excluding carboxylic acids is 1. The number of halogens is 3. The molecule has 0 aromatic heterocycles. The molecule has 1 N–H and O–H groups in total. The van der Waals surface area contributed by atoms with Crippen molar-refractivity contribution >= 4 is 15.9 Å². The van der Waals surface area contributed by atoms with Crippen LogP contribution < -0.4 is 0 Å². The Kier molecular flexibility index (Phi) is 6.50. The number of alkyl halides is 3. The number of hydrogen-bond donors (Lipinski definition) is 1. The Bertz CT molecular complexity index is 851. The number of likely N-dealkylation sites (tertiary alicyclic amines) is 1. The lowest BCUT2D eigenvalue weighted by molar-refractivity contribution is -0.186. The van der Waals surface area contributed by atoms with E-state index in [9.17, 15) is 31.5 Å². The Hall–Kier alpha value is -1.65. The number of benzene rings is 1. The van der Waals surface area contributed by atoms with E-state index < -0.39 is 27.7 Å². The molecular formula is C20H27F3N2O4S. The molecule has 0 radical (unpaired) electrons. The van der Waals surface area contributed by atoms with E-state index in [1.54, 1.807) is 31.2 Å². The standard InChI is InChI=1S/C20H27F3N2O4S/c1-19(27)8-12-25(13-9-19)30(28,29)17-4-2-15(3-5-17)14-16-6-10-24(11-7-16)18(26)20(21,22)23/h2-5,16,27H,6-14H2,1H3. The van der Waals surface area contributed by atoms with Gasteiger partial charge in [-0.05, 0) is 62.6 Å². The highest BCUT2D eigenvalue weighted by Crippen LogP contribution is 2.28. The van der Waals surface area contributed by atoms with Crippen LogP contribution in [-0.2, 0) is 21.2 Å². The Labute approximate surface area is 174 Å². The first-order valence-corrected chi connectivity index (χ1v) is 11.5. The van der Waals surface area contributed by atoms with Gasteiger partial charge in [0, 0.05) is 26.2 Å². The zero-order chi connectivity index (χ0) is 22.2. The average molecular weight is 449 g/mol. The van der Waals surface area contributed by atoms with Gasteiger partial charge in [0.2, 0.25) is 10.0 Å². The van der Waals surface area contributed by atoms with Crippen molar-refractivity contribution in [2.75, 3.05) is 26.2 Å². The van der Waals surface area contributed by atoms with Crippen molar-refractivity contribution in [1.82, 2.24) is 9.21 Å². The highest BCUT2D eigenvalue weighted by Gasteiger charge is 2.43. The van der Waals surface area contributed by atoms with E-state index in [0.29, 0.717) is 32.1 Å². The molecule has 2 saturated heterocycles. The van der Waals surface area contributed by atoms with Gasteiger partial charge in [-0.3, -0.25) is 4.79 Å². The van der Waals surface area contributed by atoms with Gasteiger partial charge in [-0.2, -0.15) is 17.5 Å². The van der Waals surface area contributed by atoms with E-state index in [1.165, 1.54) is 4.31 Å². The Morgan fingerprint density at radius 3 is 2.13 bits per heavy atom. The Morgan fingerprint density at radius 1 is 1.10 bits per heavy atom. The van der Waals surface area contributed by atoms with Crippen LogP contribution in [0.3, 0.4) is 0 Å². The first-order valence-electron chi connectivity index (χ1n) is 10.1. The number of aliphatic hydroxyl groups is 1. The van der Waals surface area contributed by atoms with Gasteiger partial charge in [0.15, 0.2) is 0 Å². The summed E-state index contributed by atoms with van der Waals surface area (Å²) in [7, 11) is -3.62. The third kappa shape index (κ3) is 5.33. The highest BCUT2D eigenvalue weighted by atomic mass is 32.2. The predicted octanol–water partition coefficient (Wildman–Crippen LogP) is 2.57. The molecule has 168 valence electrons. The summed E-state index contributed by atoms with van der Waals surface area (Å²) in [6.45, 7) is 2.40. The molecule has 0 bridgehead atoms. The molecule has 2 aliphatic rings. The first kappa shape index (κ1) is 23.0. The van der Waals surface area contributed by atoms with E-state index >= 15 is 0 Å². The zero-order valence-corrected chi connectivity index (χ0v) is 17.7. The monoisotopic (exact) mass is 448 g/mol. The summed E-state index contributed by atoms with van der Waals surface area (Å²) in [4.78, 5) is 12.4. The Morgan fingerprint density at radius 2 is 1.63 bits per heavy atom. The molecule has 6 nitrogen and oxygen atoms in total. The van der Waals surface area contributed by atoms with Crippen molar-refractivity contribution in [2.45, 2.75) is 55.7 Å². The number of hydrogen-bond acceptors (Lipinski definition) is 4. The SMILES string of the molecule is CC1(O)CCN(S(=O)(=O)c2ccc(CC3CCN(C(=O)C(F)(F)F)CC3)cc2)CC1. The zero-order valence-electron chi connectivity index (χ0n) is 16.9. The molecule has 1 aromatic rings. The van der Waals surface area contributed by atoms with E-state index in [4.69, 9.17) is 0 Å². The molecule has 0 saturated carbocycles. The second kappa shape index (κ2) is 8.47. The summed E-state index contributed by atoms with van der Waals surface area (Å²) < 4.78 is 64.6. The van der Waals surface area contributed by atoms with Crippen molar-refractivity contribution in [3.05, 3.63) is 29.8 Å². The molecule has 0 aliphatic carbocycles. The maximum Gasteiger partial charge on any atom is 0.471 e. The van der Waals surface area contributed by atoms with E-state index in [0.717, 1.165) is 10.5 Å². The predicted molar refractivity (Wildman–Crippen MR) is 104 cm³/mol. The van der Waals surface area contributed by atoms with Gasteiger partial charge in [0.25, 0.3) is 0 Å². The molecule has 2 aliphatic heterocycles. The van der Waals surface area contributed by atoms with Crippen molar-refractivity contribution in [3.8, 4) is 0 Å². The van der Waals surface area contributed by atoms with Crippen LogP contribution >= 0.6 is 0 Å². The largest absolute Gasteiger partial charge is 0.471 e. The summed E-state index contributed by atoms with van der Waals surface area (Å²) in [6.07, 6.45) is -2.47. The summed E-state index contributed by atoms with van der Waals surface area (Å²) >= 11 is 0. The smallest absolute Gasteiger partial charge is 0.390 e. The molecule has 2 fully saturated rings. The van der Waals surface area contributed by atoms with Gasteiger partial charge in [-0.25, -0.2) is 8.42 Å². The van der Waals surface area contributed by atoms with Crippen LogP contribution in [-0.4, -0.2) is 66.6 Å². The molecular weight excluding hydrogens is 421 g/mol. The van der Waals surface area contributed by atoms with Crippen LogP contribution in [0.15, 0.2) is 29.2 Å². The summed E-state index contributed by atoms with van der Waals surface area (Å²) in [5.74, 6) is -1.64. The minimum atomic E-state index is -4.84. The maximum absolute atomic E-state index is 12.8. The summed E-state index contributed by atoms with van der Waals surface area (Å²) in [6, 6.07) is 6.58. The molecule has 0 unspecified atom stereocenters. The average Bonchev–Trinajstić information content (AvgIpc) is 2.67. The molecule has 2 heterocycles. The van der Waals surface area contributed by atoms with Gasteiger partial charge in [0.1, 0.15) is 0 Å². The molecule has 30 heavy (non-hydrogen) atoms. The molecule has 10 heteroatoms. The van der Waals surface area contributed by atoms with Crippen LogP contribution in [0.25, 0.3) is 0 Å². The van der Waals surface area contributed by atoms with Crippen molar-refractivity contribution in [3.63, 3.8) is 0 Å². The van der Waals surface area contributed by atoms with Gasteiger partial charge < -0.3 is 10.0 Å². The number of piperidine rings is 2. The van der Waals surface area contributed by atoms with Crippen LogP contribution in [0.5, 0.6) is 0 Å². The van der Waals surface area contributed by atoms with Crippen molar-refractivity contribution < 1.29 is 31.5 Å². The number of nitrogens with zero attached hydrogens (tertiary/aromatic N) is 2. The van der Waals surface area contributed by atoms with Gasteiger partial charge in [0.05, 0.1) is 10.5 Å². The van der Waals surface area contributed by atoms with Crippen LogP contribution in [0.1, 0.15) is 38.2 Å². The minimum Gasteiger partial charge on any atom is -0.390 e. The summed E-state index contributed by atoms with van der Waals surface area (Å²) in [5.41, 5.74) is 0.0759. The Balaban J connectivity index is 1.56. The van der Waals surface area contributed by atoms with Crippen LogP contribution in [0.4, 0.5) is 13.2 Å². The molecule has 1 aromatic carbocycles. The maximum atomic E-state index is 12.8. The van der Waals surface area contributed by atoms with Crippen LogP contribution in [0.2, 0.25) is 0 Å². The van der Waals surface area contributed by atoms with E-state index in [2.05, 4.69) is 0 Å². The normalized spacial score (nSPS) is 21.6. The molecule has 1 amide bonds. The third-order valence-corrected chi connectivity index (χ3v) is 7.94.